The van der Waals surface area contributed by atoms with E-state index in [-0.39, 0.29) is 0 Å². The van der Waals surface area contributed by atoms with Crippen molar-refractivity contribution >= 4 is 21.6 Å². The van der Waals surface area contributed by atoms with E-state index in [1.165, 1.54) is 25.7 Å². The van der Waals surface area contributed by atoms with Crippen LogP contribution in [0.4, 0.5) is 0 Å². The lowest BCUT2D eigenvalue weighted by atomic mass is 9.84. The van der Waals surface area contributed by atoms with E-state index in [9.17, 15) is 8.42 Å². The first-order valence-corrected chi connectivity index (χ1v) is 10.7. The maximum Gasteiger partial charge on any atom is 0.243 e. The first kappa shape index (κ1) is 18.2. The van der Waals surface area contributed by atoms with Gasteiger partial charge in [-0.2, -0.15) is 4.31 Å². The average molecular weight is 371 g/mol. The quantitative estimate of drug-likeness (QED) is 0.817. The van der Waals surface area contributed by atoms with Crippen LogP contribution in [0.2, 0.25) is 5.02 Å². The molecule has 2 fully saturated rings. The highest BCUT2D eigenvalue weighted by Crippen LogP contribution is 2.30. The molecule has 2 aliphatic rings. The second-order valence-electron chi connectivity index (χ2n) is 7.18. The minimum absolute atomic E-state index is 0.303. The van der Waals surface area contributed by atoms with Gasteiger partial charge in [-0.05, 0) is 43.4 Å². The second kappa shape index (κ2) is 7.32. The Kier molecular flexibility index (Phi) is 5.55. The van der Waals surface area contributed by atoms with Crippen molar-refractivity contribution < 1.29 is 8.42 Å². The van der Waals surface area contributed by atoms with Crippen LogP contribution < -0.4 is 0 Å². The Morgan fingerprint density at radius 3 is 2.38 bits per heavy atom. The minimum atomic E-state index is -3.45. The molecule has 134 valence electrons. The van der Waals surface area contributed by atoms with E-state index >= 15 is 0 Å². The zero-order valence-corrected chi connectivity index (χ0v) is 16.1. The van der Waals surface area contributed by atoms with E-state index in [0.29, 0.717) is 29.0 Å². The second-order valence-corrected chi connectivity index (χ2v) is 9.53. The molecule has 1 aliphatic carbocycles. The summed E-state index contributed by atoms with van der Waals surface area (Å²) < 4.78 is 27.3. The molecule has 0 N–H and O–H groups in total. The van der Waals surface area contributed by atoms with Crippen molar-refractivity contribution in [2.45, 2.75) is 50.5 Å². The summed E-state index contributed by atoms with van der Waals surface area (Å²) in [6.07, 6.45) is 5.18. The van der Waals surface area contributed by atoms with E-state index in [0.717, 1.165) is 24.6 Å². The van der Waals surface area contributed by atoms with Gasteiger partial charge in [0, 0.05) is 37.2 Å². The first-order valence-electron chi connectivity index (χ1n) is 8.90. The summed E-state index contributed by atoms with van der Waals surface area (Å²) in [5, 5.41) is 0.505. The molecule has 3 rings (SSSR count). The largest absolute Gasteiger partial charge is 0.298 e. The summed E-state index contributed by atoms with van der Waals surface area (Å²) >= 11 is 6.11. The van der Waals surface area contributed by atoms with E-state index in [1.807, 2.05) is 6.92 Å². The molecular weight excluding hydrogens is 344 g/mol. The van der Waals surface area contributed by atoms with Gasteiger partial charge in [0.25, 0.3) is 0 Å². The monoisotopic (exact) mass is 370 g/mol. The molecule has 0 spiro atoms. The number of nitrogens with zero attached hydrogens (tertiary/aromatic N) is 2. The molecule has 1 saturated heterocycles. The summed E-state index contributed by atoms with van der Waals surface area (Å²) in [4.78, 5) is 2.80. The van der Waals surface area contributed by atoms with E-state index in [1.54, 1.807) is 22.5 Å². The first-order chi connectivity index (χ1) is 11.4. The Hall–Kier alpha value is -0.620. The van der Waals surface area contributed by atoms with Gasteiger partial charge in [0.05, 0.1) is 4.90 Å². The van der Waals surface area contributed by atoms with Crippen LogP contribution >= 0.6 is 11.6 Å². The number of sulfonamides is 1. The Labute approximate surface area is 150 Å². The lowest BCUT2D eigenvalue weighted by Crippen LogP contribution is -2.53. The fourth-order valence-corrected chi connectivity index (χ4v) is 5.69. The van der Waals surface area contributed by atoms with Gasteiger partial charge in [0.1, 0.15) is 0 Å². The van der Waals surface area contributed by atoms with Crippen molar-refractivity contribution in [2.75, 3.05) is 26.2 Å². The third kappa shape index (κ3) is 3.64. The average Bonchev–Trinajstić information content (AvgIpc) is 2.58. The fraction of sp³-hybridized carbons (Fsp3) is 0.667. The standard InChI is InChI=1S/C18H27ClN2O2S/c1-14-7-8-16(13-17(14)19)24(22,23)21-11-9-20(10-12-21)18-6-4-3-5-15(18)2/h7-8,13,15,18H,3-6,9-12H2,1-2H3/t15-,18-/m0/s1. The Morgan fingerprint density at radius 2 is 1.75 bits per heavy atom. The maximum absolute atomic E-state index is 12.8. The van der Waals surface area contributed by atoms with Crippen molar-refractivity contribution in [3.63, 3.8) is 0 Å². The number of halogens is 1. The lowest BCUT2D eigenvalue weighted by Gasteiger charge is -2.43. The van der Waals surface area contributed by atoms with Crippen LogP contribution in [-0.4, -0.2) is 49.8 Å². The van der Waals surface area contributed by atoms with Crippen LogP contribution in [0.15, 0.2) is 23.1 Å². The highest BCUT2D eigenvalue weighted by molar-refractivity contribution is 7.89. The third-order valence-corrected chi connectivity index (χ3v) is 7.89. The highest BCUT2D eigenvalue weighted by Gasteiger charge is 2.33. The fourth-order valence-electron chi connectivity index (χ4n) is 4.00. The third-order valence-electron chi connectivity index (χ3n) is 5.59. The number of hydrogen-bond donors (Lipinski definition) is 0. The van der Waals surface area contributed by atoms with Gasteiger partial charge < -0.3 is 0 Å². The predicted molar refractivity (Wildman–Crippen MR) is 97.9 cm³/mol. The summed E-state index contributed by atoms with van der Waals surface area (Å²) in [7, 11) is -3.45. The number of aryl methyl sites for hydroxylation is 1. The molecule has 1 saturated carbocycles. The molecule has 6 heteroatoms. The van der Waals surface area contributed by atoms with Gasteiger partial charge >= 0.3 is 0 Å². The number of hydrogen-bond acceptors (Lipinski definition) is 3. The zero-order chi connectivity index (χ0) is 17.3. The molecule has 0 amide bonds. The summed E-state index contributed by atoms with van der Waals surface area (Å²) in [6, 6.07) is 5.63. The number of piperazine rings is 1. The minimum Gasteiger partial charge on any atom is -0.298 e. The normalized spacial score (nSPS) is 27.3. The molecule has 24 heavy (non-hydrogen) atoms. The molecule has 1 aromatic carbocycles. The lowest BCUT2D eigenvalue weighted by molar-refractivity contribution is 0.0786. The Balaban J connectivity index is 1.68. The van der Waals surface area contributed by atoms with E-state index in [2.05, 4.69) is 11.8 Å². The van der Waals surface area contributed by atoms with Gasteiger partial charge in [-0.1, -0.05) is 37.4 Å². The molecule has 1 aromatic rings. The van der Waals surface area contributed by atoms with Crippen molar-refractivity contribution in [3.05, 3.63) is 28.8 Å². The smallest absolute Gasteiger partial charge is 0.243 e. The van der Waals surface area contributed by atoms with Crippen LogP contribution in [0.5, 0.6) is 0 Å². The van der Waals surface area contributed by atoms with Gasteiger partial charge in [-0.3, -0.25) is 4.90 Å². The van der Waals surface area contributed by atoms with Crippen molar-refractivity contribution in [1.82, 2.24) is 9.21 Å². The molecule has 1 aliphatic heterocycles. The van der Waals surface area contributed by atoms with Gasteiger partial charge in [-0.15, -0.1) is 0 Å². The van der Waals surface area contributed by atoms with Gasteiger partial charge in [0.2, 0.25) is 10.0 Å². The summed E-state index contributed by atoms with van der Waals surface area (Å²) in [6.45, 7) is 7.00. The molecule has 0 bridgehead atoms. The SMILES string of the molecule is Cc1ccc(S(=O)(=O)N2CCN([C@H]3CCCC[C@@H]3C)CC2)cc1Cl. The molecule has 0 unspecified atom stereocenters. The molecule has 0 radical (unpaired) electrons. The van der Waals surface area contributed by atoms with Gasteiger partial charge in [0.15, 0.2) is 0 Å². The molecular formula is C18H27ClN2O2S. The Bertz CT molecular complexity index is 684. The van der Waals surface area contributed by atoms with E-state index in [4.69, 9.17) is 11.6 Å². The van der Waals surface area contributed by atoms with Crippen LogP contribution in [0, 0.1) is 12.8 Å². The maximum atomic E-state index is 12.8. The molecule has 0 aromatic heterocycles. The van der Waals surface area contributed by atoms with Crippen LogP contribution in [0.25, 0.3) is 0 Å². The van der Waals surface area contributed by atoms with Crippen molar-refractivity contribution in [2.24, 2.45) is 5.92 Å². The van der Waals surface area contributed by atoms with Crippen LogP contribution in [-0.2, 0) is 10.0 Å². The van der Waals surface area contributed by atoms with Crippen molar-refractivity contribution in [3.8, 4) is 0 Å². The molecule has 4 nitrogen and oxygen atoms in total. The molecule has 1 heterocycles. The molecule has 2 atom stereocenters. The van der Waals surface area contributed by atoms with Gasteiger partial charge in [-0.25, -0.2) is 8.42 Å². The zero-order valence-electron chi connectivity index (χ0n) is 14.5. The summed E-state index contributed by atoms with van der Waals surface area (Å²) in [5.74, 6) is 0.720. The van der Waals surface area contributed by atoms with Crippen molar-refractivity contribution in [1.29, 1.82) is 0 Å². The number of benzene rings is 1. The predicted octanol–water partition coefficient (Wildman–Crippen LogP) is 3.53. The Morgan fingerprint density at radius 1 is 1.08 bits per heavy atom. The topological polar surface area (TPSA) is 40.6 Å². The van der Waals surface area contributed by atoms with Crippen LogP contribution in [0.1, 0.15) is 38.2 Å². The van der Waals surface area contributed by atoms with E-state index < -0.39 is 10.0 Å². The number of rotatable bonds is 3. The van der Waals surface area contributed by atoms with Crippen LogP contribution in [0.3, 0.4) is 0 Å². The summed E-state index contributed by atoms with van der Waals surface area (Å²) in [5.41, 5.74) is 0.895. The highest BCUT2D eigenvalue weighted by atomic mass is 35.5.